The molecule has 2 aromatic rings. The molecule has 22 heavy (non-hydrogen) atoms. The Hall–Kier alpha value is -1.90. The molecule has 0 atom stereocenters. The highest BCUT2D eigenvalue weighted by atomic mass is 19.1. The topological polar surface area (TPSA) is 20.2 Å². The van der Waals surface area contributed by atoms with Crippen LogP contribution in [0.2, 0.25) is 0 Å². The van der Waals surface area contributed by atoms with Gasteiger partial charge in [0.2, 0.25) is 0 Å². The number of phenolic OH excluding ortho intramolecular Hbond substituents is 1. The van der Waals surface area contributed by atoms with E-state index < -0.39 is 0 Å². The predicted octanol–water partition coefficient (Wildman–Crippen LogP) is 5.91. The molecule has 120 valence electrons. The number of phenols is 1. The second kappa shape index (κ2) is 7.92. The van der Waals surface area contributed by atoms with E-state index in [1.54, 1.807) is 12.1 Å². The number of aromatic hydroxyl groups is 1. The minimum atomic E-state index is -0.333. The zero-order valence-electron chi connectivity index (χ0n) is 13.8. The molecule has 0 bridgehead atoms. The lowest BCUT2D eigenvalue weighted by Gasteiger charge is -2.08. The molecular weight excluding hydrogens is 282 g/mol. The van der Waals surface area contributed by atoms with Gasteiger partial charge in [0.1, 0.15) is 17.4 Å². The van der Waals surface area contributed by atoms with Crippen molar-refractivity contribution >= 4 is 0 Å². The predicted molar refractivity (Wildman–Crippen MR) is 87.4 cm³/mol. The standard InChI is InChI=1S/C10H13F.C9H11FO/c1-7(2)10-5-4-9(11)6-8(10)3;1-6(2)8-4-3-7(11)5-9(8)10/h4-7H,1-3H3;3-6,11H,1-2H3. The second-order valence-electron chi connectivity index (χ2n) is 6.02. The van der Waals surface area contributed by atoms with Gasteiger partial charge in [-0.3, -0.25) is 0 Å². The van der Waals surface area contributed by atoms with Gasteiger partial charge in [0, 0.05) is 6.07 Å². The maximum Gasteiger partial charge on any atom is 0.130 e. The average Bonchev–Trinajstić information content (AvgIpc) is 2.38. The average molecular weight is 306 g/mol. The van der Waals surface area contributed by atoms with Gasteiger partial charge in [0.15, 0.2) is 0 Å². The van der Waals surface area contributed by atoms with Crippen LogP contribution in [0.4, 0.5) is 8.78 Å². The van der Waals surface area contributed by atoms with Crippen LogP contribution in [-0.2, 0) is 0 Å². The third-order valence-electron chi connectivity index (χ3n) is 3.46. The number of hydrogen-bond donors (Lipinski definition) is 1. The number of halogens is 2. The number of aryl methyl sites for hydroxylation is 1. The largest absolute Gasteiger partial charge is 0.508 e. The van der Waals surface area contributed by atoms with Crippen LogP contribution >= 0.6 is 0 Å². The third-order valence-corrected chi connectivity index (χ3v) is 3.46. The van der Waals surface area contributed by atoms with Gasteiger partial charge >= 0.3 is 0 Å². The van der Waals surface area contributed by atoms with E-state index in [2.05, 4.69) is 13.8 Å². The second-order valence-corrected chi connectivity index (χ2v) is 6.02. The van der Waals surface area contributed by atoms with E-state index in [1.807, 2.05) is 26.8 Å². The van der Waals surface area contributed by atoms with E-state index in [-0.39, 0.29) is 23.3 Å². The van der Waals surface area contributed by atoms with Gasteiger partial charge in [-0.25, -0.2) is 8.78 Å². The van der Waals surface area contributed by atoms with Crippen molar-refractivity contribution in [3.05, 3.63) is 64.7 Å². The third kappa shape index (κ3) is 5.14. The summed E-state index contributed by atoms with van der Waals surface area (Å²) in [6, 6.07) is 9.19. The first-order valence-corrected chi connectivity index (χ1v) is 7.46. The Morgan fingerprint density at radius 1 is 0.818 bits per heavy atom. The van der Waals surface area contributed by atoms with E-state index in [0.717, 1.165) is 11.6 Å². The number of hydrogen-bond acceptors (Lipinski definition) is 1. The quantitative estimate of drug-likeness (QED) is 0.731. The van der Waals surface area contributed by atoms with Crippen LogP contribution in [0.25, 0.3) is 0 Å². The van der Waals surface area contributed by atoms with Crippen molar-refractivity contribution in [2.45, 2.75) is 46.5 Å². The van der Waals surface area contributed by atoms with Crippen LogP contribution in [-0.4, -0.2) is 5.11 Å². The summed E-state index contributed by atoms with van der Waals surface area (Å²) in [6.07, 6.45) is 0. The van der Waals surface area contributed by atoms with Crippen molar-refractivity contribution in [3.63, 3.8) is 0 Å². The fourth-order valence-electron chi connectivity index (χ4n) is 2.27. The molecule has 2 aromatic carbocycles. The fraction of sp³-hybridized carbons (Fsp3) is 0.368. The molecule has 0 amide bonds. The Morgan fingerprint density at radius 3 is 1.82 bits per heavy atom. The van der Waals surface area contributed by atoms with Gasteiger partial charge in [0.05, 0.1) is 0 Å². The van der Waals surface area contributed by atoms with E-state index >= 15 is 0 Å². The summed E-state index contributed by atoms with van der Waals surface area (Å²) >= 11 is 0. The molecule has 0 aliphatic carbocycles. The monoisotopic (exact) mass is 306 g/mol. The lowest BCUT2D eigenvalue weighted by Crippen LogP contribution is -1.91. The van der Waals surface area contributed by atoms with Gasteiger partial charge in [-0.1, -0.05) is 39.8 Å². The molecule has 0 aliphatic rings. The molecule has 0 spiro atoms. The van der Waals surface area contributed by atoms with Crippen molar-refractivity contribution in [1.29, 1.82) is 0 Å². The van der Waals surface area contributed by atoms with Crippen molar-refractivity contribution in [3.8, 4) is 5.75 Å². The minimum absolute atomic E-state index is 0.0214. The van der Waals surface area contributed by atoms with Gasteiger partial charge < -0.3 is 5.11 Å². The van der Waals surface area contributed by atoms with E-state index in [1.165, 1.54) is 17.7 Å². The van der Waals surface area contributed by atoms with Crippen molar-refractivity contribution < 1.29 is 13.9 Å². The smallest absolute Gasteiger partial charge is 0.130 e. The summed E-state index contributed by atoms with van der Waals surface area (Å²) in [7, 11) is 0. The van der Waals surface area contributed by atoms with Crippen LogP contribution in [0.15, 0.2) is 36.4 Å². The molecule has 1 N–H and O–H groups in total. The van der Waals surface area contributed by atoms with Crippen molar-refractivity contribution in [1.82, 2.24) is 0 Å². The molecule has 0 unspecified atom stereocenters. The molecule has 3 heteroatoms. The van der Waals surface area contributed by atoms with E-state index in [0.29, 0.717) is 11.5 Å². The van der Waals surface area contributed by atoms with Crippen LogP contribution in [0.3, 0.4) is 0 Å². The first-order valence-electron chi connectivity index (χ1n) is 7.46. The highest BCUT2D eigenvalue weighted by Gasteiger charge is 2.05. The first kappa shape index (κ1) is 18.1. The van der Waals surface area contributed by atoms with Gasteiger partial charge in [-0.2, -0.15) is 0 Å². The van der Waals surface area contributed by atoms with Gasteiger partial charge in [0.25, 0.3) is 0 Å². The first-order chi connectivity index (χ1) is 10.2. The zero-order valence-corrected chi connectivity index (χ0v) is 13.8. The molecule has 0 saturated heterocycles. The molecule has 1 nitrogen and oxygen atoms in total. The molecule has 0 radical (unpaired) electrons. The molecule has 0 heterocycles. The lowest BCUT2D eigenvalue weighted by atomic mass is 9.98. The van der Waals surface area contributed by atoms with Crippen LogP contribution in [0.1, 0.15) is 56.2 Å². The summed E-state index contributed by atoms with van der Waals surface area (Å²) in [6.45, 7) is 9.99. The SMILES string of the molecule is CC(C)c1ccc(O)cc1F.Cc1cc(F)ccc1C(C)C. The molecule has 0 aromatic heterocycles. The van der Waals surface area contributed by atoms with Crippen LogP contribution in [0.5, 0.6) is 5.75 Å². The number of benzene rings is 2. The molecule has 0 aliphatic heterocycles. The Kier molecular flexibility index (Phi) is 6.54. The Labute approximate surface area is 131 Å². The summed E-state index contributed by atoms with van der Waals surface area (Å²) in [5, 5.41) is 8.88. The highest BCUT2D eigenvalue weighted by molar-refractivity contribution is 5.29. The summed E-state index contributed by atoms with van der Waals surface area (Å²) in [5.41, 5.74) is 2.91. The minimum Gasteiger partial charge on any atom is -0.508 e. The highest BCUT2D eigenvalue weighted by Crippen LogP contribution is 2.21. The number of rotatable bonds is 2. The molecule has 0 saturated carbocycles. The molecule has 0 fully saturated rings. The maximum absolute atomic E-state index is 12.9. The van der Waals surface area contributed by atoms with Crippen molar-refractivity contribution in [2.24, 2.45) is 0 Å². The molecular formula is C19H24F2O. The Balaban J connectivity index is 0.000000220. The summed E-state index contributed by atoms with van der Waals surface area (Å²) < 4.78 is 25.6. The van der Waals surface area contributed by atoms with E-state index in [9.17, 15) is 8.78 Å². The van der Waals surface area contributed by atoms with Crippen molar-refractivity contribution in [2.75, 3.05) is 0 Å². The normalized spacial score (nSPS) is 10.6. The Bertz CT molecular complexity index is 563. The fourth-order valence-corrected chi connectivity index (χ4v) is 2.27. The van der Waals surface area contributed by atoms with Crippen LogP contribution in [0, 0.1) is 18.6 Å². The zero-order chi connectivity index (χ0) is 16.9. The van der Waals surface area contributed by atoms with Crippen LogP contribution < -0.4 is 0 Å². The molecule has 2 rings (SSSR count). The van der Waals surface area contributed by atoms with Gasteiger partial charge in [-0.05, 0) is 53.6 Å². The summed E-state index contributed by atoms with van der Waals surface area (Å²) in [4.78, 5) is 0. The summed E-state index contributed by atoms with van der Waals surface area (Å²) in [5.74, 6) is 0.144. The van der Waals surface area contributed by atoms with E-state index in [4.69, 9.17) is 5.11 Å². The lowest BCUT2D eigenvalue weighted by molar-refractivity contribution is 0.467. The maximum atomic E-state index is 12.9. The van der Waals surface area contributed by atoms with Gasteiger partial charge in [-0.15, -0.1) is 0 Å². The Morgan fingerprint density at radius 2 is 1.36 bits per heavy atom.